The lowest BCUT2D eigenvalue weighted by molar-refractivity contribution is 0.0949. The number of rotatable bonds is 6. The van der Waals surface area contributed by atoms with E-state index in [1.807, 2.05) is 0 Å². The number of likely N-dealkylation sites (tertiary alicyclic amines) is 1. The second-order valence-corrected chi connectivity index (χ2v) is 7.89. The maximum Gasteiger partial charge on any atom is 0.251 e. The third-order valence-corrected chi connectivity index (χ3v) is 5.67. The van der Waals surface area contributed by atoms with Crippen LogP contribution < -0.4 is 19.5 Å². The smallest absolute Gasteiger partial charge is 0.251 e. The molecule has 2 heterocycles. The first-order valence-electron chi connectivity index (χ1n) is 10.8. The molecule has 1 N–H and O–H groups in total. The van der Waals surface area contributed by atoms with Crippen LogP contribution in [-0.4, -0.2) is 44.2 Å². The number of fused-ring (bicyclic) bond motifs is 1. The number of hydrogen-bond acceptors (Lipinski definition) is 5. The Morgan fingerprint density at radius 2 is 1.70 bits per heavy atom. The Balaban J connectivity index is 1.34. The molecule has 2 aromatic rings. The summed E-state index contributed by atoms with van der Waals surface area (Å²) in [6.07, 6.45) is 5.30. The summed E-state index contributed by atoms with van der Waals surface area (Å²) in [5.74, 6) is 1.44. The second-order valence-electron chi connectivity index (χ2n) is 7.89. The Hall–Kier alpha value is -2.73. The molecule has 2 aromatic carbocycles. The fraction of sp³-hybridized carbons (Fsp3) is 0.458. The van der Waals surface area contributed by atoms with Gasteiger partial charge in [-0.2, -0.15) is 0 Å². The van der Waals surface area contributed by atoms with Crippen molar-refractivity contribution in [3.05, 3.63) is 53.1 Å². The van der Waals surface area contributed by atoms with E-state index in [2.05, 4.69) is 34.5 Å². The first-order valence-corrected chi connectivity index (χ1v) is 10.8. The van der Waals surface area contributed by atoms with Gasteiger partial charge < -0.3 is 19.5 Å². The number of ether oxygens (including phenoxy) is 3. The van der Waals surface area contributed by atoms with E-state index in [4.69, 9.17) is 14.2 Å². The molecule has 0 bridgehead atoms. The Labute approximate surface area is 178 Å². The molecule has 1 fully saturated rings. The van der Waals surface area contributed by atoms with E-state index < -0.39 is 0 Å². The third kappa shape index (κ3) is 5.05. The number of methoxy groups -OCH3 is 1. The van der Waals surface area contributed by atoms with Gasteiger partial charge in [-0.1, -0.05) is 37.1 Å². The minimum atomic E-state index is -0.168. The highest BCUT2D eigenvalue weighted by atomic mass is 16.6. The van der Waals surface area contributed by atoms with Gasteiger partial charge in [-0.25, -0.2) is 0 Å². The summed E-state index contributed by atoms with van der Waals surface area (Å²) >= 11 is 0. The molecule has 1 saturated heterocycles. The zero-order chi connectivity index (χ0) is 20.8. The van der Waals surface area contributed by atoms with Crippen LogP contribution in [0.1, 0.15) is 47.2 Å². The van der Waals surface area contributed by atoms with Gasteiger partial charge in [0, 0.05) is 18.7 Å². The van der Waals surface area contributed by atoms with Gasteiger partial charge in [0.1, 0.15) is 13.2 Å². The molecule has 4 rings (SSSR count). The quantitative estimate of drug-likeness (QED) is 0.786. The fourth-order valence-electron chi connectivity index (χ4n) is 4.00. The highest BCUT2D eigenvalue weighted by Gasteiger charge is 2.20. The molecule has 2 aliphatic heterocycles. The molecule has 160 valence electrons. The molecule has 6 nitrogen and oxygen atoms in total. The van der Waals surface area contributed by atoms with E-state index in [1.54, 1.807) is 19.2 Å². The lowest BCUT2D eigenvalue weighted by Gasteiger charge is -2.21. The summed E-state index contributed by atoms with van der Waals surface area (Å²) in [7, 11) is 1.56. The molecule has 0 atom stereocenters. The maximum atomic E-state index is 12.7. The summed E-state index contributed by atoms with van der Waals surface area (Å²) in [5.41, 5.74) is 2.89. The van der Waals surface area contributed by atoms with Crippen molar-refractivity contribution < 1.29 is 19.0 Å². The minimum Gasteiger partial charge on any atom is -0.493 e. The topological polar surface area (TPSA) is 60.0 Å². The number of nitrogens with one attached hydrogen (secondary N) is 1. The molecule has 0 aliphatic carbocycles. The van der Waals surface area contributed by atoms with Gasteiger partial charge in [0.05, 0.1) is 7.11 Å². The zero-order valence-electron chi connectivity index (χ0n) is 17.6. The highest BCUT2D eigenvalue weighted by Crippen LogP contribution is 2.40. The minimum absolute atomic E-state index is 0.168. The fourth-order valence-corrected chi connectivity index (χ4v) is 4.00. The number of nitrogens with zero attached hydrogens (tertiary/aromatic N) is 1. The molecule has 0 unspecified atom stereocenters. The monoisotopic (exact) mass is 410 g/mol. The van der Waals surface area contributed by atoms with E-state index in [0.717, 1.165) is 12.1 Å². The SMILES string of the molecule is COc1cc(C(=O)NCc2ccc(CN3CCCCCC3)cc2)cc2c1OCCO2. The first-order chi connectivity index (χ1) is 14.7. The van der Waals surface area contributed by atoms with Gasteiger partial charge >= 0.3 is 0 Å². The second kappa shape index (κ2) is 9.85. The number of benzene rings is 2. The van der Waals surface area contributed by atoms with Crippen molar-refractivity contribution in [2.45, 2.75) is 38.8 Å². The van der Waals surface area contributed by atoms with Crippen LogP contribution in [0, 0.1) is 0 Å². The molecule has 1 amide bonds. The predicted octanol–water partition coefficient (Wildman–Crippen LogP) is 3.77. The standard InChI is InChI=1S/C24H30N2O4/c1-28-21-14-20(15-22-23(21)30-13-12-29-22)24(27)25-16-18-6-8-19(9-7-18)17-26-10-4-2-3-5-11-26/h6-9,14-15H,2-5,10-13,16-17H2,1H3,(H,25,27). The van der Waals surface area contributed by atoms with E-state index in [9.17, 15) is 4.79 Å². The average Bonchev–Trinajstić information content (AvgIpc) is 3.06. The van der Waals surface area contributed by atoms with Crippen molar-refractivity contribution >= 4 is 5.91 Å². The van der Waals surface area contributed by atoms with Crippen molar-refractivity contribution in [2.75, 3.05) is 33.4 Å². The van der Waals surface area contributed by atoms with Gasteiger partial charge in [0.25, 0.3) is 5.91 Å². The van der Waals surface area contributed by atoms with Gasteiger partial charge in [0.15, 0.2) is 11.5 Å². The Morgan fingerprint density at radius 3 is 2.43 bits per heavy atom. The van der Waals surface area contributed by atoms with Crippen molar-refractivity contribution in [1.82, 2.24) is 10.2 Å². The molecule has 2 aliphatic rings. The summed E-state index contributed by atoms with van der Waals surface area (Å²) < 4.78 is 16.6. The predicted molar refractivity (Wildman–Crippen MR) is 115 cm³/mol. The molecular formula is C24H30N2O4. The molecular weight excluding hydrogens is 380 g/mol. The summed E-state index contributed by atoms with van der Waals surface area (Å²) in [6, 6.07) is 11.9. The number of amides is 1. The molecule has 0 radical (unpaired) electrons. The number of carbonyl (C=O) groups excluding carboxylic acids is 1. The number of hydrogen-bond donors (Lipinski definition) is 1. The van der Waals surface area contributed by atoms with Crippen LogP contribution in [0.5, 0.6) is 17.2 Å². The summed E-state index contributed by atoms with van der Waals surface area (Å²) in [6.45, 7) is 4.80. The zero-order valence-corrected chi connectivity index (χ0v) is 17.6. The van der Waals surface area contributed by atoms with Crippen LogP contribution in [0.4, 0.5) is 0 Å². The molecule has 0 saturated carbocycles. The van der Waals surface area contributed by atoms with Crippen molar-refractivity contribution in [2.24, 2.45) is 0 Å². The molecule has 0 spiro atoms. The average molecular weight is 411 g/mol. The van der Waals surface area contributed by atoms with Crippen molar-refractivity contribution in [3.8, 4) is 17.2 Å². The van der Waals surface area contributed by atoms with Crippen LogP contribution in [0.2, 0.25) is 0 Å². The molecule has 6 heteroatoms. The highest BCUT2D eigenvalue weighted by molar-refractivity contribution is 5.95. The van der Waals surface area contributed by atoms with Gasteiger partial charge in [0.2, 0.25) is 5.75 Å². The van der Waals surface area contributed by atoms with Crippen LogP contribution in [0.15, 0.2) is 36.4 Å². The summed E-state index contributed by atoms with van der Waals surface area (Å²) in [5, 5.41) is 2.98. The van der Waals surface area contributed by atoms with E-state index in [1.165, 1.54) is 44.3 Å². The van der Waals surface area contributed by atoms with Gasteiger partial charge in [-0.15, -0.1) is 0 Å². The summed E-state index contributed by atoms with van der Waals surface area (Å²) in [4.78, 5) is 15.2. The third-order valence-electron chi connectivity index (χ3n) is 5.67. The van der Waals surface area contributed by atoms with Crippen molar-refractivity contribution in [3.63, 3.8) is 0 Å². The lowest BCUT2D eigenvalue weighted by atomic mass is 10.1. The van der Waals surface area contributed by atoms with E-state index in [-0.39, 0.29) is 5.91 Å². The lowest BCUT2D eigenvalue weighted by Crippen LogP contribution is -2.24. The van der Waals surface area contributed by atoms with Crippen LogP contribution in [0.25, 0.3) is 0 Å². The van der Waals surface area contributed by atoms with E-state index >= 15 is 0 Å². The maximum absolute atomic E-state index is 12.7. The normalized spacial score (nSPS) is 16.6. The van der Waals surface area contributed by atoms with Crippen molar-refractivity contribution in [1.29, 1.82) is 0 Å². The van der Waals surface area contributed by atoms with E-state index in [0.29, 0.717) is 42.6 Å². The van der Waals surface area contributed by atoms with Crippen LogP contribution in [0.3, 0.4) is 0 Å². The molecule has 30 heavy (non-hydrogen) atoms. The number of carbonyl (C=O) groups is 1. The first kappa shape index (κ1) is 20.5. The largest absolute Gasteiger partial charge is 0.493 e. The van der Waals surface area contributed by atoms with Crippen LogP contribution in [-0.2, 0) is 13.1 Å². The van der Waals surface area contributed by atoms with Gasteiger partial charge in [-0.05, 0) is 49.2 Å². The Morgan fingerprint density at radius 1 is 1.00 bits per heavy atom. The molecule has 0 aromatic heterocycles. The van der Waals surface area contributed by atoms with Gasteiger partial charge in [-0.3, -0.25) is 9.69 Å². The Bertz CT molecular complexity index is 841. The Kier molecular flexibility index (Phi) is 6.74. The van der Waals surface area contributed by atoms with Crippen LogP contribution >= 0.6 is 0 Å².